The number of benzene rings is 2. The third-order valence-corrected chi connectivity index (χ3v) is 12.7. The highest BCUT2D eigenvalue weighted by molar-refractivity contribution is 7.61. The van der Waals surface area contributed by atoms with Crippen LogP contribution in [0.4, 0.5) is 0 Å². The van der Waals surface area contributed by atoms with Gasteiger partial charge in [0.1, 0.15) is 14.3 Å². The molecule has 1 atom stereocenters. The minimum Gasteiger partial charge on any atom is -0.322 e. The Bertz CT molecular complexity index is 3350. The van der Waals surface area contributed by atoms with E-state index in [0.29, 0.717) is 59.5 Å². The van der Waals surface area contributed by atoms with Crippen LogP contribution in [0.15, 0.2) is 104 Å². The second-order valence-electron chi connectivity index (χ2n) is 15.5. The van der Waals surface area contributed by atoms with E-state index in [1.165, 1.54) is 0 Å². The van der Waals surface area contributed by atoms with Crippen LogP contribution in [-0.2, 0) is 41.0 Å². The molecule has 18 nitrogen and oxygen atoms in total. The molecule has 20 heteroatoms. The van der Waals surface area contributed by atoms with Gasteiger partial charge in [0.15, 0.2) is 11.3 Å². The van der Waals surface area contributed by atoms with Crippen LogP contribution in [0, 0.1) is 0 Å². The van der Waals surface area contributed by atoms with Gasteiger partial charge in [-0.1, -0.05) is 34.7 Å². The summed E-state index contributed by atoms with van der Waals surface area (Å²) >= 11 is 0. The molecule has 0 aliphatic rings. The largest absolute Gasteiger partial charge is 0.322 e. The number of rotatable bonds is 12. The number of hydrogen-bond donors (Lipinski definition) is 0. The minimum absolute atomic E-state index is 0.232. The Morgan fingerprint density at radius 1 is 0.600 bits per heavy atom. The van der Waals surface area contributed by atoms with Gasteiger partial charge in [0.25, 0.3) is 0 Å². The zero-order valence-corrected chi connectivity index (χ0v) is 34.5. The normalized spacial score (nSPS) is 13.2. The third-order valence-electron chi connectivity index (χ3n) is 9.88. The van der Waals surface area contributed by atoms with Crippen molar-refractivity contribution in [1.82, 2.24) is 79.5 Å². The molecule has 0 saturated heterocycles. The maximum absolute atomic E-state index is 14.0. The van der Waals surface area contributed by atoms with Crippen molar-refractivity contribution in [3.05, 3.63) is 121 Å². The van der Waals surface area contributed by atoms with Crippen LogP contribution in [0.25, 0.3) is 66.9 Å². The second kappa shape index (κ2) is 14.7. The quantitative estimate of drug-likeness (QED) is 0.122. The average Bonchev–Trinajstić information content (AvgIpc) is 4.05. The van der Waals surface area contributed by atoms with Crippen LogP contribution in [-0.4, -0.2) is 99.4 Å². The van der Waals surface area contributed by atoms with Gasteiger partial charge >= 0.3 is 0 Å². The molecular formula is C40H36N16O2P2. The highest BCUT2D eigenvalue weighted by Gasteiger charge is 2.21. The number of aromatic nitrogens is 16. The van der Waals surface area contributed by atoms with Crippen LogP contribution >= 0.6 is 14.3 Å². The molecule has 0 aliphatic carbocycles. The molecule has 0 amide bonds. The molecular weight excluding hydrogens is 798 g/mol. The molecule has 10 aromatic rings. The smallest absolute Gasteiger partial charge is 0.221 e. The number of fused-ring (bicyclic) bond motifs is 4. The van der Waals surface area contributed by atoms with E-state index >= 15 is 0 Å². The standard InChI is InChI=1S/C40H36N16O2P2/c1-59(2,57)24-53-21-30(15-44-53)35-17-42-37-39(47-35)56(52-50-37)20-27-7-11-34-29(14-27)8-9-32(46-34)23-60(3,58)25-54-22-31(16-45-54)36-18-43-38-40(48-36)55(51-49-38)19-26-6-10-33-28(13-26)5-4-12-41-33/h4-18,21-22H,19-20,23-25H2,1-3H3. The summed E-state index contributed by atoms with van der Waals surface area (Å²) in [5.74, 6) is 0. The van der Waals surface area contributed by atoms with Gasteiger partial charge in [-0.25, -0.2) is 29.3 Å². The topological polar surface area (TPSA) is 209 Å². The zero-order valence-electron chi connectivity index (χ0n) is 32.7. The van der Waals surface area contributed by atoms with Crippen molar-refractivity contribution in [2.75, 3.05) is 20.0 Å². The molecule has 0 spiro atoms. The van der Waals surface area contributed by atoms with Gasteiger partial charge in [-0.3, -0.25) is 19.3 Å². The predicted octanol–water partition coefficient (Wildman–Crippen LogP) is 6.41. The van der Waals surface area contributed by atoms with Crippen LogP contribution in [0.2, 0.25) is 0 Å². The molecule has 298 valence electrons. The fourth-order valence-electron chi connectivity index (χ4n) is 7.17. The predicted molar refractivity (Wildman–Crippen MR) is 227 cm³/mol. The van der Waals surface area contributed by atoms with Crippen LogP contribution in [0.5, 0.6) is 0 Å². The summed E-state index contributed by atoms with van der Waals surface area (Å²) in [6.07, 6.45) is 13.0. The molecule has 8 aromatic heterocycles. The van der Waals surface area contributed by atoms with Gasteiger partial charge in [0.05, 0.1) is 72.9 Å². The summed E-state index contributed by atoms with van der Waals surface area (Å²) in [6, 6.07) is 20.0. The van der Waals surface area contributed by atoms with E-state index in [0.717, 1.165) is 49.8 Å². The summed E-state index contributed by atoms with van der Waals surface area (Å²) in [4.78, 5) is 27.9. The lowest BCUT2D eigenvalue weighted by atomic mass is 10.1. The van der Waals surface area contributed by atoms with Crippen molar-refractivity contribution in [3.8, 4) is 22.5 Å². The Balaban J connectivity index is 0.810. The van der Waals surface area contributed by atoms with Gasteiger partial charge < -0.3 is 9.13 Å². The lowest BCUT2D eigenvalue weighted by Crippen LogP contribution is -2.04. The van der Waals surface area contributed by atoms with Gasteiger partial charge in [0.2, 0.25) is 11.3 Å². The molecule has 0 bridgehead atoms. The van der Waals surface area contributed by atoms with Crippen LogP contribution in [0.3, 0.4) is 0 Å². The van der Waals surface area contributed by atoms with E-state index in [4.69, 9.17) is 15.0 Å². The molecule has 60 heavy (non-hydrogen) atoms. The van der Waals surface area contributed by atoms with Crippen molar-refractivity contribution < 1.29 is 9.13 Å². The number of pyridine rings is 2. The van der Waals surface area contributed by atoms with Gasteiger partial charge in [-0.2, -0.15) is 10.2 Å². The summed E-state index contributed by atoms with van der Waals surface area (Å²) < 4.78 is 33.1. The maximum Gasteiger partial charge on any atom is 0.221 e. The Morgan fingerprint density at radius 3 is 1.80 bits per heavy atom. The molecule has 1 unspecified atom stereocenters. The van der Waals surface area contributed by atoms with Crippen LogP contribution in [0.1, 0.15) is 16.8 Å². The first-order valence-electron chi connectivity index (χ1n) is 19.0. The SMILES string of the molecule is CP(C)(=O)Cn1cc(-c2cnc3nnn(Cc4ccc5nc(CP(C)(=O)Cn6cc(-c7cnc8nnn(Cc9ccc%10ncccc%10c9)c8n7)cn6)ccc5c4)c3n2)cn1. The first-order chi connectivity index (χ1) is 29.0. The average molecular weight is 835 g/mol. The van der Waals surface area contributed by atoms with Crippen molar-refractivity contribution >= 4 is 58.7 Å². The van der Waals surface area contributed by atoms with Crippen molar-refractivity contribution in [1.29, 1.82) is 0 Å². The van der Waals surface area contributed by atoms with E-state index < -0.39 is 14.3 Å². The lowest BCUT2D eigenvalue weighted by Gasteiger charge is -2.13. The molecule has 2 aromatic carbocycles. The van der Waals surface area contributed by atoms with E-state index in [1.807, 2.05) is 60.9 Å². The van der Waals surface area contributed by atoms with E-state index in [9.17, 15) is 9.13 Å². The van der Waals surface area contributed by atoms with Crippen molar-refractivity contribution in [2.24, 2.45) is 0 Å². The Hall–Kier alpha value is -6.90. The first-order valence-corrected chi connectivity index (χ1v) is 24.3. The monoisotopic (exact) mass is 834 g/mol. The number of hydrogen-bond acceptors (Lipinski definition) is 14. The van der Waals surface area contributed by atoms with Gasteiger partial charge in [0, 0.05) is 52.3 Å². The van der Waals surface area contributed by atoms with Crippen molar-refractivity contribution in [2.45, 2.75) is 31.8 Å². The Morgan fingerprint density at radius 2 is 1.18 bits per heavy atom. The summed E-state index contributed by atoms with van der Waals surface area (Å²) in [5, 5.41) is 27.9. The van der Waals surface area contributed by atoms with Crippen LogP contribution < -0.4 is 0 Å². The Kier molecular flexibility index (Phi) is 9.18. The molecule has 10 rings (SSSR count). The van der Waals surface area contributed by atoms with E-state index in [-0.39, 0.29) is 6.29 Å². The summed E-state index contributed by atoms with van der Waals surface area (Å²) in [6.45, 7) is 6.13. The van der Waals surface area contributed by atoms with Gasteiger partial charge in [-0.05, 0) is 67.5 Å². The maximum atomic E-state index is 14.0. The van der Waals surface area contributed by atoms with Crippen molar-refractivity contribution in [3.63, 3.8) is 0 Å². The van der Waals surface area contributed by atoms with Gasteiger partial charge in [-0.15, -0.1) is 10.2 Å². The summed E-state index contributed by atoms with van der Waals surface area (Å²) in [7, 11) is -5.07. The molecule has 0 aliphatic heterocycles. The fraction of sp³-hybridized carbons (Fsp3) is 0.200. The second-order valence-corrected chi connectivity index (χ2v) is 22.1. The highest BCUT2D eigenvalue weighted by atomic mass is 31.2. The van der Waals surface area contributed by atoms with E-state index in [1.54, 1.807) is 69.7 Å². The third kappa shape index (κ3) is 7.82. The first kappa shape index (κ1) is 37.4. The highest BCUT2D eigenvalue weighted by Crippen LogP contribution is 2.46. The zero-order chi connectivity index (χ0) is 41.0. The minimum atomic E-state index is -2.77. The molecule has 0 N–H and O–H groups in total. The molecule has 8 heterocycles. The fourth-order valence-corrected chi connectivity index (χ4v) is 9.75. The molecule has 0 radical (unpaired) electrons. The van der Waals surface area contributed by atoms with E-state index in [2.05, 4.69) is 57.9 Å². The molecule has 0 fully saturated rings. The number of nitrogens with zero attached hydrogens (tertiary/aromatic N) is 16. The molecule has 0 saturated carbocycles. The summed E-state index contributed by atoms with van der Waals surface area (Å²) in [5.41, 5.74) is 9.21. The lowest BCUT2D eigenvalue weighted by molar-refractivity contribution is 0.563. The Labute approximate surface area is 341 Å².